The third-order valence-corrected chi connectivity index (χ3v) is 11.1. The van der Waals surface area contributed by atoms with Crippen LogP contribution in [0.3, 0.4) is 0 Å². The van der Waals surface area contributed by atoms with Gasteiger partial charge in [0.1, 0.15) is 17.2 Å². The normalized spacial score (nSPS) is 15.4. The highest BCUT2D eigenvalue weighted by Gasteiger charge is 2.52. The predicted octanol–water partition coefficient (Wildman–Crippen LogP) is 3.23. The van der Waals surface area contributed by atoms with Gasteiger partial charge >= 0.3 is 13.5 Å². The van der Waals surface area contributed by atoms with E-state index in [1.807, 2.05) is 72.8 Å². The van der Waals surface area contributed by atoms with Gasteiger partial charge in [0, 0.05) is 0 Å². The number of rotatable bonds is 1. The summed E-state index contributed by atoms with van der Waals surface area (Å²) in [6, 6.07) is 28.4. The molecule has 4 aromatic rings. The van der Waals surface area contributed by atoms with Crippen molar-refractivity contribution in [2.24, 2.45) is 0 Å². The van der Waals surface area contributed by atoms with Crippen LogP contribution in [0, 0.1) is 0 Å². The van der Waals surface area contributed by atoms with Gasteiger partial charge in [-0.15, -0.1) is 0 Å². The van der Waals surface area contributed by atoms with Gasteiger partial charge in [0.2, 0.25) is 0 Å². The second-order valence-electron chi connectivity index (χ2n) is 7.96. The molecule has 0 radical (unpaired) electrons. The Labute approximate surface area is 189 Å². The van der Waals surface area contributed by atoms with Crippen LogP contribution in [0.15, 0.2) is 97.1 Å². The SMILES string of the molecule is FC(F)(F)c1ccc([Si]23c4ccccc4OB(Oc4ccccc42)Oc2ccccc23)cc1. The van der Waals surface area contributed by atoms with Gasteiger partial charge in [0.05, 0.1) is 5.56 Å². The summed E-state index contributed by atoms with van der Waals surface area (Å²) < 4.78 is 58.7. The van der Waals surface area contributed by atoms with Crippen molar-refractivity contribution in [3.63, 3.8) is 0 Å². The van der Waals surface area contributed by atoms with Crippen molar-refractivity contribution in [1.82, 2.24) is 0 Å². The molecule has 3 heterocycles. The van der Waals surface area contributed by atoms with Crippen molar-refractivity contribution in [3.8, 4) is 17.2 Å². The Balaban J connectivity index is 1.78. The maximum Gasteiger partial charge on any atom is 0.864 e. The lowest BCUT2D eigenvalue weighted by Crippen LogP contribution is -2.77. The molecule has 3 nitrogen and oxygen atoms in total. The Bertz CT molecular complexity index is 1240. The average Bonchev–Trinajstić information content (AvgIpc) is 2.79. The van der Waals surface area contributed by atoms with Crippen molar-refractivity contribution >= 4 is 36.1 Å². The molecular formula is C25H16BF3O3Si. The molecule has 3 aliphatic rings. The summed E-state index contributed by atoms with van der Waals surface area (Å²) in [5.41, 5.74) is -0.688. The van der Waals surface area contributed by atoms with Crippen molar-refractivity contribution in [2.45, 2.75) is 6.18 Å². The predicted molar refractivity (Wildman–Crippen MR) is 123 cm³/mol. The van der Waals surface area contributed by atoms with E-state index >= 15 is 0 Å². The second-order valence-corrected chi connectivity index (χ2v) is 11.6. The van der Waals surface area contributed by atoms with Crippen LogP contribution in [0.5, 0.6) is 17.2 Å². The molecule has 0 spiro atoms. The lowest BCUT2D eigenvalue weighted by atomic mass is 10.1. The van der Waals surface area contributed by atoms with Gasteiger partial charge in [-0.2, -0.15) is 13.2 Å². The van der Waals surface area contributed by atoms with Crippen molar-refractivity contribution in [1.29, 1.82) is 0 Å². The highest BCUT2D eigenvalue weighted by molar-refractivity contribution is 7.21. The summed E-state index contributed by atoms with van der Waals surface area (Å²) in [6.07, 6.45) is -4.42. The summed E-state index contributed by atoms with van der Waals surface area (Å²) >= 11 is 0. The molecule has 2 bridgehead atoms. The number of hydrogen-bond acceptors (Lipinski definition) is 3. The molecule has 33 heavy (non-hydrogen) atoms. The number of alkyl halides is 3. The highest BCUT2D eigenvalue weighted by atomic mass is 28.3. The van der Waals surface area contributed by atoms with Crippen molar-refractivity contribution in [3.05, 3.63) is 103 Å². The van der Waals surface area contributed by atoms with Crippen LogP contribution in [0.2, 0.25) is 0 Å². The van der Waals surface area contributed by atoms with Crippen molar-refractivity contribution < 1.29 is 27.1 Å². The minimum absolute atomic E-state index is 0.595. The number of benzene rings is 4. The zero-order valence-electron chi connectivity index (χ0n) is 17.2. The first-order chi connectivity index (χ1) is 16.0. The Hall–Kier alpha value is -3.65. The monoisotopic (exact) mass is 460 g/mol. The van der Waals surface area contributed by atoms with Gasteiger partial charge in [-0.1, -0.05) is 78.9 Å². The van der Waals surface area contributed by atoms with E-state index in [9.17, 15) is 13.2 Å². The molecule has 0 N–H and O–H groups in total. The van der Waals surface area contributed by atoms with E-state index in [-0.39, 0.29) is 0 Å². The summed E-state index contributed by atoms with van der Waals surface area (Å²) in [4.78, 5) is 0. The van der Waals surface area contributed by atoms with Gasteiger partial charge in [-0.05, 0) is 38.9 Å². The first-order valence-corrected chi connectivity index (χ1v) is 12.4. The molecule has 0 aromatic heterocycles. The molecule has 8 heteroatoms. The van der Waals surface area contributed by atoms with Crippen LogP contribution in [-0.4, -0.2) is 15.4 Å². The molecule has 0 saturated heterocycles. The fourth-order valence-corrected chi connectivity index (χ4v) is 9.88. The van der Waals surface area contributed by atoms with Gasteiger partial charge in [0.25, 0.3) is 0 Å². The Kier molecular flexibility index (Phi) is 4.35. The molecule has 7 rings (SSSR count). The summed E-state index contributed by atoms with van der Waals surface area (Å²) in [5, 5.41) is 3.57. The maximum atomic E-state index is 13.4. The minimum atomic E-state index is -4.42. The van der Waals surface area contributed by atoms with Crippen LogP contribution < -0.4 is 34.7 Å². The van der Waals surface area contributed by atoms with E-state index in [1.165, 1.54) is 0 Å². The Morgan fingerprint density at radius 3 is 1.33 bits per heavy atom. The lowest BCUT2D eigenvalue weighted by Gasteiger charge is -2.41. The largest absolute Gasteiger partial charge is 0.864 e. The molecule has 0 atom stereocenters. The maximum absolute atomic E-state index is 13.4. The summed E-state index contributed by atoms with van der Waals surface area (Å²) in [6.45, 7) is 0. The summed E-state index contributed by atoms with van der Waals surface area (Å²) in [7, 11) is -4.20. The number of halogens is 3. The minimum Gasteiger partial charge on any atom is -0.490 e. The number of para-hydroxylation sites is 3. The Morgan fingerprint density at radius 1 is 0.545 bits per heavy atom. The molecule has 0 aliphatic carbocycles. The van der Waals surface area contributed by atoms with Gasteiger partial charge < -0.3 is 14.0 Å². The van der Waals surface area contributed by atoms with E-state index in [0.717, 1.165) is 32.9 Å². The quantitative estimate of drug-likeness (QED) is 0.409. The third kappa shape index (κ3) is 2.97. The van der Waals surface area contributed by atoms with Crippen LogP contribution in [0.4, 0.5) is 13.2 Å². The van der Waals surface area contributed by atoms with Gasteiger partial charge in [0.15, 0.2) is 8.07 Å². The van der Waals surface area contributed by atoms with E-state index in [0.29, 0.717) is 17.2 Å². The molecule has 0 unspecified atom stereocenters. The van der Waals surface area contributed by atoms with E-state index < -0.39 is 27.1 Å². The molecule has 0 amide bonds. The zero-order chi connectivity index (χ0) is 22.6. The smallest absolute Gasteiger partial charge is 0.490 e. The summed E-state index contributed by atoms with van der Waals surface area (Å²) in [5.74, 6) is 1.79. The van der Waals surface area contributed by atoms with Gasteiger partial charge in [-0.3, -0.25) is 0 Å². The lowest BCUT2D eigenvalue weighted by molar-refractivity contribution is -0.137. The first-order valence-electron chi connectivity index (χ1n) is 10.4. The Morgan fingerprint density at radius 2 is 0.939 bits per heavy atom. The van der Waals surface area contributed by atoms with E-state index in [2.05, 4.69) is 0 Å². The molecule has 4 aromatic carbocycles. The second kappa shape index (κ2) is 7.18. The zero-order valence-corrected chi connectivity index (χ0v) is 18.2. The molecule has 3 aliphatic heterocycles. The molecule has 162 valence electrons. The standard InChI is InChI=1S/C25H16BF3O3Si/c27-25(28,29)17-13-15-18(16-14-17)33-22-10-4-1-7-19(22)30-26(31-20-8-2-5-11-23(20)33)32-21-9-3-6-12-24(21)33/h1-16H. The topological polar surface area (TPSA) is 27.7 Å². The van der Waals surface area contributed by atoms with E-state index in [1.54, 1.807) is 12.1 Å². The fraction of sp³-hybridized carbons (Fsp3) is 0.0400. The molecular weight excluding hydrogens is 444 g/mol. The molecule has 0 saturated carbocycles. The average molecular weight is 460 g/mol. The number of hydrogen-bond donors (Lipinski definition) is 0. The van der Waals surface area contributed by atoms with E-state index in [4.69, 9.17) is 14.0 Å². The van der Waals surface area contributed by atoms with Crippen molar-refractivity contribution in [2.75, 3.05) is 0 Å². The fourth-order valence-electron chi connectivity index (χ4n) is 4.83. The first kappa shape index (κ1) is 20.0. The van der Waals surface area contributed by atoms with Crippen LogP contribution in [0.1, 0.15) is 5.56 Å². The van der Waals surface area contributed by atoms with Crippen LogP contribution in [-0.2, 0) is 6.18 Å². The van der Waals surface area contributed by atoms with Crippen LogP contribution in [0.25, 0.3) is 0 Å². The highest BCUT2D eigenvalue weighted by Crippen LogP contribution is 2.31. The third-order valence-electron chi connectivity index (χ3n) is 6.19. The molecule has 0 fully saturated rings. The van der Waals surface area contributed by atoms with Gasteiger partial charge in [-0.25, -0.2) is 0 Å². The van der Waals surface area contributed by atoms with Crippen LogP contribution >= 0.6 is 0 Å².